The molecule has 1 heterocycles. The number of ether oxygens (including phenoxy) is 1. The van der Waals surface area contributed by atoms with Crippen molar-refractivity contribution in [2.45, 2.75) is 12.4 Å². The monoisotopic (exact) mass is 389 g/mol. The van der Waals surface area contributed by atoms with E-state index in [9.17, 15) is 26.4 Å². The fraction of sp³-hybridized carbons (Fsp3) is 0.214. The van der Waals surface area contributed by atoms with Gasteiger partial charge in [0.2, 0.25) is 5.69 Å². The summed E-state index contributed by atoms with van der Waals surface area (Å²) < 4.78 is 69.3. The smallest absolute Gasteiger partial charge is 0.462 e. The highest BCUT2D eigenvalue weighted by molar-refractivity contribution is 7.88. The average Bonchev–Trinajstić information content (AvgIpc) is 3.04. The van der Waals surface area contributed by atoms with Crippen LogP contribution in [0.2, 0.25) is 0 Å². The van der Waals surface area contributed by atoms with Crippen LogP contribution >= 0.6 is 0 Å². The summed E-state index contributed by atoms with van der Waals surface area (Å²) in [5.41, 5.74) is -5.79. The highest BCUT2D eigenvalue weighted by atomic mass is 32.2. The van der Waals surface area contributed by atoms with Gasteiger partial charge in [-0.3, -0.25) is 0 Å². The SMILES string of the molecule is [C-]#[N+]c1cc(-n2cc(C(=O)OCC)cn2)ccc1OS(=O)(=O)C(F)(F)F. The fourth-order valence-electron chi connectivity index (χ4n) is 1.76. The van der Waals surface area contributed by atoms with E-state index in [0.717, 1.165) is 12.1 Å². The maximum atomic E-state index is 12.4. The number of nitrogens with zero attached hydrogens (tertiary/aromatic N) is 3. The van der Waals surface area contributed by atoms with Gasteiger partial charge in [-0.1, -0.05) is 0 Å². The number of alkyl halides is 3. The van der Waals surface area contributed by atoms with Crippen LogP contribution in [0.1, 0.15) is 17.3 Å². The maximum absolute atomic E-state index is 12.4. The molecule has 0 atom stereocenters. The third-order valence-electron chi connectivity index (χ3n) is 2.90. The minimum Gasteiger partial charge on any atom is -0.462 e. The Balaban J connectivity index is 2.35. The summed E-state index contributed by atoms with van der Waals surface area (Å²) in [6, 6.07) is 3.13. The Labute approximate surface area is 145 Å². The molecule has 0 unspecified atom stereocenters. The van der Waals surface area contributed by atoms with Crippen molar-refractivity contribution in [2.24, 2.45) is 0 Å². The van der Waals surface area contributed by atoms with Crippen LogP contribution in [0.15, 0.2) is 30.6 Å². The normalized spacial score (nSPS) is 11.7. The molecule has 0 bridgehead atoms. The van der Waals surface area contributed by atoms with Crippen LogP contribution in [0.3, 0.4) is 0 Å². The Bertz CT molecular complexity index is 976. The van der Waals surface area contributed by atoms with E-state index >= 15 is 0 Å². The molecule has 1 aromatic carbocycles. The van der Waals surface area contributed by atoms with Gasteiger partial charge in [0.05, 0.1) is 30.6 Å². The summed E-state index contributed by atoms with van der Waals surface area (Å²) >= 11 is 0. The molecule has 0 amide bonds. The molecule has 26 heavy (non-hydrogen) atoms. The Morgan fingerprint density at radius 2 is 2.08 bits per heavy atom. The van der Waals surface area contributed by atoms with Gasteiger partial charge in [0.25, 0.3) is 0 Å². The third-order valence-corrected chi connectivity index (χ3v) is 3.87. The van der Waals surface area contributed by atoms with Crippen molar-refractivity contribution in [3.8, 4) is 11.4 Å². The molecule has 0 spiro atoms. The van der Waals surface area contributed by atoms with E-state index in [1.165, 1.54) is 23.1 Å². The van der Waals surface area contributed by atoms with Gasteiger partial charge in [-0.2, -0.15) is 26.7 Å². The van der Waals surface area contributed by atoms with Gasteiger partial charge < -0.3 is 8.92 Å². The van der Waals surface area contributed by atoms with E-state index in [-0.39, 0.29) is 17.9 Å². The van der Waals surface area contributed by atoms with Gasteiger partial charge in [-0.25, -0.2) is 14.3 Å². The van der Waals surface area contributed by atoms with Crippen LogP contribution in [0.4, 0.5) is 18.9 Å². The summed E-state index contributed by atoms with van der Waals surface area (Å²) in [6.07, 6.45) is 2.49. The topological polar surface area (TPSA) is 91.8 Å². The second-order valence-electron chi connectivity index (χ2n) is 4.64. The van der Waals surface area contributed by atoms with Crippen LogP contribution in [0.25, 0.3) is 10.5 Å². The average molecular weight is 389 g/mol. The molecule has 2 aromatic rings. The number of rotatable bonds is 5. The van der Waals surface area contributed by atoms with Gasteiger partial charge in [0.15, 0.2) is 0 Å². The quantitative estimate of drug-likeness (QED) is 0.338. The molecule has 138 valence electrons. The van der Waals surface area contributed by atoms with E-state index in [4.69, 9.17) is 11.3 Å². The number of benzene rings is 1. The zero-order valence-electron chi connectivity index (χ0n) is 13.0. The summed E-state index contributed by atoms with van der Waals surface area (Å²) in [7, 11) is -5.90. The largest absolute Gasteiger partial charge is 0.534 e. The lowest BCUT2D eigenvalue weighted by Crippen LogP contribution is -2.28. The second-order valence-corrected chi connectivity index (χ2v) is 6.18. The van der Waals surface area contributed by atoms with Gasteiger partial charge >= 0.3 is 21.6 Å². The van der Waals surface area contributed by atoms with E-state index in [0.29, 0.717) is 0 Å². The lowest BCUT2D eigenvalue weighted by molar-refractivity contribution is -0.0499. The molecule has 0 radical (unpaired) electrons. The van der Waals surface area contributed by atoms with Crippen molar-refractivity contribution < 1.29 is 35.3 Å². The molecule has 1 aromatic heterocycles. The van der Waals surface area contributed by atoms with Gasteiger partial charge in [0, 0.05) is 6.20 Å². The molecule has 12 heteroatoms. The highest BCUT2D eigenvalue weighted by Crippen LogP contribution is 2.34. The van der Waals surface area contributed by atoms with Gasteiger partial charge in [0.1, 0.15) is 5.75 Å². The molecular formula is C14H10F3N3O5S. The molecule has 2 rings (SSSR count). The van der Waals surface area contributed by atoms with Crippen LogP contribution in [-0.2, 0) is 14.9 Å². The number of hydrogen-bond acceptors (Lipinski definition) is 6. The van der Waals surface area contributed by atoms with E-state index in [1.807, 2.05) is 0 Å². The highest BCUT2D eigenvalue weighted by Gasteiger charge is 2.48. The molecule has 8 nitrogen and oxygen atoms in total. The summed E-state index contributed by atoms with van der Waals surface area (Å²) in [5, 5.41) is 3.88. The van der Waals surface area contributed by atoms with E-state index < -0.39 is 33.0 Å². The van der Waals surface area contributed by atoms with Gasteiger partial charge in [-0.05, 0) is 25.1 Å². The Morgan fingerprint density at radius 1 is 1.38 bits per heavy atom. The lowest BCUT2D eigenvalue weighted by Gasteiger charge is -2.11. The van der Waals surface area contributed by atoms with Crippen molar-refractivity contribution in [3.63, 3.8) is 0 Å². The van der Waals surface area contributed by atoms with Crippen molar-refractivity contribution in [1.29, 1.82) is 0 Å². The summed E-state index contributed by atoms with van der Waals surface area (Å²) in [4.78, 5) is 14.6. The van der Waals surface area contributed by atoms with Gasteiger partial charge in [-0.15, -0.1) is 0 Å². The first-order valence-electron chi connectivity index (χ1n) is 6.83. The first-order chi connectivity index (χ1) is 12.1. The Morgan fingerprint density at radius 3 is 2.65 bits per heavy atom. The number of esters is 1. The number of halogens is 3. The number of aromatic nitrogens is 2. The second kappa shape index (κ2) is 7.04. The van der Waals surface area contributed by atoms with Crippen LogP contribution in [-0.4, -0.2) is 36.3 Å². The molecule has 0 N–H and O–H groups in total. The predicted molar refractivity (Wildman–Crippen MR) is 81.4 cm³/mol. The minimum absolute atomic E-state index is 0.121. The number of carbonyl (C=O) groups is 1. The molecule has 0 aliphatic heterocycles. The Kier molecular flexibility index (Phi) is 5.22. The molecule has 0 saturated carbocycles. The van der Waals surface area contributed by atoms with E-state index in [2.05, 4.69) is 14.1 Å². The maximum Gasteiger partial charge on any atom is 0.534 e. The molecule has 0 fully saturated rings. The molecule has 0 aliphatic rings. The number of carbonyl (C=O) groups excluding carboxylic acids is 1. The molecule has 0 aliphatic carbocycles. The fourth-order valence-corrected chi connectivity index (χ4v) is 2.23. The zero-order valence-corrected chi connectivity index (χ0v) is 13.8. The summed E-state index contributed by atoms with van der Waals surface area (Å²) in [6.45, 7) is 8.78. The van der Waals surface area contributed by atoms with Crippen molar-refractivity contribution in [3.05, 3.63) is 47.6 Å². The third kappa shape index (κ3) is 3.94. The Hall–Kier alpha value is -3.07. The predicted octanol–water partition coefficient (Wildman–Crippen LogP) is 2.83. The molecular weight excluding hydrogens is 379 g/mol. The zero-order chi connectivity index (χ0) is 19.5. The van der Waals surface area contributed by atoms with Crippen molar-refractivity contribution >= 4 is 21.8 Å². The molecule has 0 saturated heterocycles. The van der Waals surface area contributed by atoms with Crippen molar-refractivity contribution in [2.75, 3.05) is 6.61 Å². The van der Waals surface area contributed by atoms with Crippen LogP contribution < -0.4 is 4.18 Å². The van der Waals surface area contributed by atoms with Crippen molar-refractivity contribution in [1.82, 2.24) is 9.78 Å². The van der Waals surface area contributed by atoms with Crippen LogP contribution in [0, 0.1) is 6.57 Å². The first-order valence-corrected chi connectivity index (χ1v) is 8.24. The van der Waals surface area contributed by atoms with Crippen LogP contribution in [0.5, 0.6) is 5.75 Å². The minimum atomic E-state index is -5.90. The number of hydrogen-bond donors (Lipinski definition) is 0. The first kappa shape index (κ1) is 19.3. The van der Waals surface area contributed by atoms with E-state index in [1.54, 1.807) is 6.92 Å². The summed E-state index contributed by atoms with van der Waals surface area (Å²) in [5.74, 6) is -1.40. The lowest BCUT2D eigenvalue weighted by atomic mass is 10.2. The standard InChI is InChI=1S/C14H10F3N3O5S/c1-3-24-13(21)9-7-19-20(8-9)10-4-5-12(11(6-10)18-2)25-26(22,23)14(15,16)17/h4-8H,3H2,1H3.